The molecule has 0 saturated heterocycles. The Bertz CT molecular complexity index is 1040. The standard InChI is InChI=1S/C21H22N2O4S/c1-16-8-10-18(11-9-16)22-21(24)15-23(14-19-6-4-12-27-19)28(25,26)20-7-3-5-17(2)13-20/h3-13H,14-15H2,1-2H3,(H,22,24). The molecule has 0 unspecified atom stereocenters. The quantitative estimate of drug-likeness (QED) is 0.658. The molecule has 3 aromatic rings. The van der Waals surface area contributed by atoms with E-state index in [4.69, 9.17) is 4.42 Å². The molecule has 1 heterocycles. The number of benzene rings is 2. The van der Waals surface area contributed by atoms with Crippen LogP contribution in [0, 0.1) is 13.8 Å². The number of rotatable bonds is 7. The predicted octanol–water partition coefficient (Wildman–Crippen LogP) is 3.73. The molecule has 1 N–H and O–H groups in total. The molecule has 0 radical (unpaired) electrons. The highest BCUT2D eigenvalue weighted by Crippen LogP contribution is 2.20. The van der Waals surface area contributed by atoms with Gasteiger partial charge in [0.25, 0.3) is 0 Å². The summed E-state index contributed by atoms with van der Waals surface area (Å²) in [5.41, 5.74) is 2.50. The van der Waals surface area contributed by atoms with Crippen molar-refractivity contribution >= 4 is 21.6 Å². The second-order valence-electron chi connectivity index (χ2n) is 6.58. The number of furan rings is 1. The van der Waals surface area contributed by atoms with Gasteiger partial charge < -0.3 is 9.73 Å². The zero-order valence-electron chi connectivity index (χ0n) is 15.8. The molecular formula is C21H22N2O4S. The van der Waals surface area contributed by atoms with Gasteiger partial charge in [-0.25, -0.2) is 8.42 Å². The van der Waals surface area contributed by atoms with Gasteiger partial charge in [0.2, 0.25) is 15.9 Å². The number of carbonyl (C=O) groups is 1. The number of sulfonamides is 1. The monoisotopic (exact) mass is 398 g/mol. The van der Waals surface area contributed by atoms with Crippen molar-refractivity contribution in [1.29, 1.82) is 0 Å². The van der Waals surface area contributed by atoms with Gasteiger partial charge in [0.1, 0.15) is 5.76 Å². The second-order valence-corrected chi connectivity index (χ2v) is 8.52. The van der Waals surface area contributed by atoms with Crippen molar-refractivity contribution in [3.8, 4) is 0 Å². The Morgan fingerprint density at radius 2 is 1.75 bits per heavy atom. The Morgan fingerprint density at radius 3 is 2.39 bits per heavy atom. The zero-order valence-corrected chi connectivity index (χ0v) is 16.6. The number of carbonyl (C=O) groups excluding carboxylic acids is 1. The molecule has 2 aromatic carbocycles. The van der Waals surface area contributed by atoms with E-state index in [1.807, 2.05) is 32.0 Å². The first-order chi connectivity index (χ1) is 13.3. The SMILES string of the molecule is Cc1ccc(NC(=O)CN(Cc2ccco2)S(=O)(=O)c2cccc(C)c2)cc1. The first kappa shape index (κ1) is 19.9. The molecule has 28 heavy (non-hydrogen) atoms. The number of nitrogens with zero attached hydrogens (tertiary/aromatic N) is 1. The first-order valence-corrected chi connectivity index (χ1v) is 10.2. The van der Waals surface area contributed by atoms with Crippen molar-refractivity contribution in [1.82, 2.24) is 4.31 Å². The maximum atomic E-state index is 13.1. The zero-order chi connectivity index (χ0) is 20.1. The molecule has 1 aromatic heterocycles. The normalized spacial score (nSPS) is 11.5. The van der Waals surface area contributed by atoms with Crippen LogP contribution >= 0.6 is 0 Å². The van der Waals surface area contributed by atoms with Crippen LogP contribution in [0.3, 0.4) is 0 Å². The number of anilines is 1. The third kappa shape index (κ3) is 4.88. The van der Waals surface area contributed by atoms with E-state index in [-0.39, 0.29) is 18.0 Å². The molecule has 0 aliphatic carbocycles. The van der Waals surface area contributed by atoms with Crippen molar-refractivity contribution < 1.29 is 17.6 Å². The Balaban J connectivity index is 1.84. The van der Waals surface area contributed by atoms with Crippen LogP contribution < -0.4 is 5.32 Å². The largest absolute Gasteiger partial charge is 0.468 e. The molecule has 0 saturated carbocycles. The predicted molar refractivity (Wildman–Crippen MR) is 107 cm³/mol. The van der Waals surface area contributed by atoms with Gasteiger partial charge in [-0.1, -0.05) is 29.8 Å². The molecule has 6 nitrogen and oxygen atoms in total. The van der Waals surface area contributed by atoms with Gasteiger partial charge in [0.05, 0.1) is 24.2 Å². The average Bonchev–Trinajstić information content (AvgIpc) is 3.16. The lowest BCUT2D eigenvalue weighted by Crippen LogP contribution is -2.37. The summed E-state index contributed by atoms with van der Waals surface area (Å²) >= 11 is 0. The number of nitrogens with one attached hydrogen (secondary N) is 1. The van der Waals surface area contributed by atoms with Crippen molar-refractivity contribution in [2.24, 2.45) is 0 Å². The van der Waals surface area contributed by atoms with Gasteiger partial charge >= 0.3 is 0 Å². The minimum absolute atomic E-state index is 0.0371. The summed E-state index contributed by atoms with van der Waals surface area (Å²) in [7, 11) is -3.88. The van der Waals surface area contributed by atoms with E-state index in [0.717, 1.165) is 15.4 Å². The van der Waals surface area contributed by atoms with Crippen LogP contribution in [0.25, 0.3) is 0 Å². The van der Waals surface area contributed by atoms with Crippen molar-refractivity contribution in [3.05, 3.63) is 83.8 Å². The van der Waals surface area contributed by atoms with Crippen LogP contribution in [0.1, 0.15) is 16.9 Å². The lowest BCUT2D eigenvalue weighted by molar-refractivity contribution is -0.116. The maximum absolute atomic E-state index is 13.1. The van der Waals surface area contributed by atoms with E-state index in [2.05, 4.69) is 5.32 Å². The number of aryl methyl sites for hydroxylation is 2. The van der Waals surface area contributed by atoms with Gasteiger partial charge in [-0.15, -0.1) is 0 Å². The van der Waals surface area contributed by atoms with Crippen LogP contribution in [0.5, 0.6) is 0 Å². The Labute approximate surface area is 164 Å². The molecule has 0 bridgehead atoms. The van der Waals surface area contributed by atoms with Gasteiger partial charge in [0, 0.05) is 5.69 Å². The molecule has 7 heteroatoms. The lowest BCUT2D eigenvalue weighted by Gasteiger charge is -2.21. The third-order valence-electron chi connectivity index (χ3n) is 4.19. The van der Waals surface area contributed by atoms with Gasteiger partial charge in [-0.3, -0.25) is 4.79 Å². The fraction of sp³-hybridized carbons (Fsp3) is 0.190. The number of hydrogen-bond acceptors (Lipinski definition) is 4. The summed E-state index contributed by atoms with van der Waals surface area (Å²) in [6, 6.07) is 17.3. The molecule has 0 atom stereocenters. The molecule has 0 fully saturated rings. The number of amides is 1. The lowest BCUT2D eigenvalue weighted by atomic mass is 10.2. The molecule has 0 aliphatic rings. The third-order valence-corrected chi connectivity index (χ3v) is 5.98. The summed E-state index contributed by atoms with van der Waals surface area (Å²) in [5, 5.41) is 2.74. The topological polar surface area (TPSA) is 79.6 Å². The van der Waals surface area contributed by atoms with Crippen LogP contribution in [-0.2, 0) is 21.4 Å². The van der Waals surface area contributed by atoms with E-state index in [0.29, 0.717) is 11.4 Å². The molecule has 1 amide bonds. The second kappa shape index (κ2) is 8.41. The fourth-order valence-corrected chi connectivity index (χ4v) is 4.19. The molecule has 3 rings (SSSR count). The summed E-state index contributed by atoms with van der Waals surface area (Å²) in [4.78, 5) is 12.7. The summed E-state index contributed by atoms with van der Waals surface area (Å²) in [6.07, 6.45) is 1.47. The molecule has 0 aliphatic heterocycles. The maximum Gasteiger partial charge on any atom is 0.243 e. The van der Waals surface area contributed by atoms with Crippen molar-refractivity contribution in [3.63, 3.8) is 0 Å². The van der Waals surface area contributed by atoms with E-state index in [1.165, 1.54) is 12.3 Å². The van der Waals surface area contributed by atoms with Crippen molar-refractivity contribution in [2.75, 3.05) is 11.9 Å². The Hall–Kier alpha value is -2.90. The fourth-order valence-electron chi connectivity index (χ4n) is 2.72. The first-order valence-electron chi connectivity index (χ1n) is 8.80. The van der Waals surface area contributed by atoms with Gasteiger partial charge in [-0.2, -0.15) is 4.31 Å². The average molecular weight is 398 g/mol. The van der Waals surface area contributed by atoms with E-state index < -0.39 is 15.9 Å². The highest BCUT2D eigenvalue weighted by molar-refractivity contribution is 7.89. The molecular weight excluding hydrogens is 376 g/mol. The number of hydrogen-bond donors (Lipinski definition) is 1. The van der Waals surface area contributed by atoms with Crippen LogP contribution in [0.2, 0.25) is 0 Å². The Kier molecular flexibility index (Phi) is 5.96. The van der Waals surface area contributed by atoms with Crippen LogP contribution in [0.4, 0.5) is 5.69 Å². The minimum atomic E-state index is -3.88. The van der Waals surface area contributed by atoms with E-state index in [9.17, 15) is 13.2 Å². The summed E-state index contributed by atoms with van der Waals surface area (Å²) in [6.45, 7) is 3.40. The van der Waals surface area contributed by atoms with Crippen molar-refractivity contribution in [2.45, 2.75) is 25.3 Å². The smallest absolute Gasteiger partial charge is 0.243 e. The molecule has 146 valence electrons. The highest BCUT2D eigenvalue weighted by atomic mass is 32.2. The van der Waals surface area contributed by atoms with Crippen LogP contribution in [-0.4, -0.2) is 25.2 Å². The van der Waals surface area contributed by atoms with E-state index in [1.54, 1.807) is 36.4 Å². The van der Waals surface area contributed by atoms with Crippen LogP contribution in [0.15, 0.2) is 76.2 Å². The Morgan fingerprint density at radius 1 is 1.00 bits per heavy atom. The summed E-state index contributed by atoms with van der Waals surface area (Å²) in [5.74, 6) is 0.0333. The van der Waals surface area contributed by atoms with Gasteiger partial charge in [0.15, 0.2) is 0 Å². The summed E-state index contributed by atoms with van der Waals surface area (Å²) < 4.78 is 32.7. The highest BCUT2D eigenvalue weighted by Gasteiger charge is 2.28. The van der Waals surface area contributed by atoms with Gasteiger partial charge in [-0.05, 0) is 55.8 Å². The minimum Gasteiger partial charge on any atom is -0.468 e. The molecule has 0 spiro atoms. The van der Waals surface area contributed by atoms with E-state index >= 15 is 0 Å².